The quantitative estimate of drug-likeness (QED) is 0.861. The molecule has 116 valence electrons. The number of aromatic nitrogens is 3. The zero-order chi connectivity index (χ0) is 15.4. The van der Waals surface area contributed by atoms with Gasteiger partial charge in [0.05, 0.1) is 13.3 Å². The van der Waals surface area contributed by atoms with E-state index in [-0.39, 0.29) is 5.91 Å². The van der Waals surface area contributed by atoms with Crippen LogP contribution in [0.25, 0.3) is 5.65 Å². The van der Waals surface area contributed by atoms with E-state index in [1.165, 1.54) is 24.8 Å². The molecule has 1 amide bonds. The Morgan fingerprint density at radius 1 is 1.41 bits per heavy atom. The summed E-state index contributed by atoms with van der Waals surface area (Å²) in [4.78, 5) is 16.4. The van der Waals surface area contributed by atoms with E-state index in [1.807, 2.05) is 0 Å². The Kier molecular flexibility index (Phi) is 4.37. The summed E-state index contributed by atoms with van der Waals surface area (Å²) in [7, 11) is 1.55. The molecular weight excluding hydrogens is 280 g/mol. The molecule has 0 unspecified atom stereocenters. The molecule has 0 atom stereocenters. The fourth-order valence-electron chi connectivity index (χ4n) is 2.64. The molecule has 0 aliphatic heterocycles. The number of nitrogens with zero attached hydrogens (tertiary/aromatic N) is 3. The maximum atomic E-state index is 12.1. The minimum absolute atomic E-state index is 0.166. The Balaban J connectivity index is 1.60. The molecule has 0 saturated heterocycles. The highest BCUT2D eigenvalue weighted by Gasteiger charge is 2.12. The Morgan fingerprint density at radius 2 is 2.32 bits per heavy atom. The predicted molar refractivity (Wildman–Crippen MR) is 83.0 cm³/mol. The van der Waals surface area contributed by atoms with Gasteiger partial charge in [-0.25, -0.2) is 9.50 Å². The van der Waals surface area contributed by atoms with Crippen molar-refractivity contribution < 1.29 is 9.53 Å². The van der Waals surface area contributed by atoms with E-state index < -0.39 is 0 Å². The van der Waals surface area contributed by atoms with Gasteiger partial charge in [0.1, 0.15) is 5.69 Å². The minimum atomic E-state index is -0.166. The number of hydrogen-bond acceptors (Lipinski definition) is 4. The maximum Gasteiger partial charge on any atom is 0.271 e. The zero-order valence-corrected chi connectivity index (χ0v) is 12.7. The van der Waals surface area contributed by atoms with Crippen LogP contribution in [-0.2, 0) is 0 Å². The van der Waals surface area contributed by atoms with Gasteiger partial charge >= 0.3 is 0 Å². The molecule has 2 aromatic rings. The average molecular weight is 300 g/mol. The summed E-state index contributed by atoms with van der Waals surface area (Å²) in [6, 6.07) is 3.50. The largest absolute Gasteiger partial charge is 0.480 e. The molecule has 2 heterocycles. The van der Waals surface area contributed by atoms with Gasteiger partial charge in [-0.3, -0.25) is 4.79 Å². The van der Waals surface area contributed by atoms with E-state index in [2.05, 4.69) is 21.5 Å². The van der Waals surface area contributed by atoms with Crippen molar-refractivity contribution in [2.24, 2.45) is 0 Å². The number of carbonyl (C=O) groups excluding carboxylic acids is 1. The highest BCUT2D eigenvalue weighted by atomic mass is 16.5. The third-order valence-electron chi connectivity index (χ3n) is 3.85. The van der Waals surface area contributed by atoms with Gasteiger partial charge in [0, 0.05) is 12.6 Å². The van der Waals surface area contributed by atoms with Crippen LogP contribution in [0.5, 0.6) is 5.88 Å². The molecule has 0 saturated carbocycles. The van der Waals surface area contributed by atoms with Gasteiger partial charge in [0.25, 0.3) is 5.91 Å². The van der Waals surface area contributed by atoms with Gasteiger partial charge in [0.2, 0.25) is 5.88 Å². The molecule has 1 aliphatic carbocycles. The van der Waals surface area contributed by atoms with Crippen molar-refractivity contribution >= 4 is 11.6 Å². The molecule has 3 rings (SSSR count). The second kappa shape index (κ2) is 6.60. The van der Waals surface area contributed by atoms with Crippen LogP contribution >= 0.6 is 0 Å². The summed E-state index contributed by atoms with van der Waals surface area (Å²) >= 11 is 0. The van der Waals surface area contributed by atoms with Crippen molar-refractivity contribution in [2.45, 2.75) is 32.1 Å². The SMILES string of the molecule is COc1ccc2nc(C(=O)NCCC3=CCCCC3)cn2n1. The molecule has 0 aromatic carbocycles. The Labute approximate surface area is 129 Å². The van der Waals surface area contributed by atoms with Gasteiger partial charge in [0.15, 0.2) is 5.65 Å². The lowest BCUT2D eigenvalue weighted by Gasteiger charge is -2.12. The first kappa shape index (κ1) is 14.6. The lowest BCUT2D eigenvalue weighted by atomic mass is 9.97. The minimum Gasteiger partial charge on any atom is -0.480 e. The molecule has 22 heavy (non-hydrogen) atoms. The Bertz CT molecular complexity index is 705. The molecule has 2 aromatic heterocycles. The van der Waals surface area contributed by atoms with E-state index in [9.17, 15) is 4.79 Å². The summed E-state index contributed by atoms with van der Waals surface area (Å²) in [5.74, 6) is 0.321. The number of carbonyl (C=O) groups is 1. The molecule has 6 nitrogen and oxygen atoms in total. The second-order valence-electron chi connectivity index (χ2n) is 5.42. The van der Waals surface area contributed by atoms with Crippen molar-refractivity contribution in [3.05, 3.63) is 35.7 Å². The summed E-state index contributed by atoms with van der Waals surface area (Å²) in [6.45, 7) is 0.648. The second-order valence-corrected chi connectivity index (χ2v) is 5.42. The molecule has 1 N–H and O–H groups in total. The lowest BCUT2D eigenvalue weighted by molar-refractivity contribution is 0.0949. The number of fused-ring (bicyclic) bond motifs is 1. The smallest absolute Gasteiger partial charge is 0.271 e. The van der Waals surface area contributed by atoms with E-state index in [0.29, 0.717) is 23.8 Å². The topological polar surface area (TPSA) is 68.5 Å². The number of allylic oxidation sites excluding steroid dienone is 1. The number of amides is 1. The summed E-state index contributed by atoms with van der Waals surface area (Å²) in [5.41, 5.74) is 2.45. The van der Waals surface area contributed by atoms with E-state index in [0.717, 1.165) is 12.8 Å². The van der Waals surface area contributed by atoms with Crippen molar-refractivity contribution in [3.8, 4) is 5.88 Å². The summed E-state index contributed by atoms with van der Waals surface area (Å²) in [6.07, 6.45) is 9.72. The Hall–Kier alpha value is -2.37. The number of ether oxygens (including phenoxy) is 1. The van der Waals surface area contributed by atoms with Crippen LogP contribution < -0.4 is 10.1 Å². The van der Waals surface area contributed by atoms with Crippen LogP contribution in [0.4, 0.5) is 0 Å². The summed E-state index contributed by atoms with van der Waals surface area (Å²) in [5, 5.41) is 7.11. The van der Waals surface area contributed by atoms with Gasteiger partial charge in [-0.1, -0.05) is 11.6 Å². The van der Waals surface area contributed by atoms with Crippen LogP contribution in [0.2, 0.25) is 0 Å². The molecule has 0 bridgehead atoms. The first-order valence-electron chi connectivity index (χ1n) is 7.63. The average Bonchev–Trinajstić information content (AvgIpc) is 2.99. The van der Waals surface area contributed by atoms with Crippen molar-refractivity contribution in [1.29, 1.82) is 0 Å². The zero-order valence-electron chi connectivity index (χ0n) is 12.7. The highest BCUT2D eigenvalue weighted by Crippen LogP contribution is 2.19. The number of nitrogens with one attached hydrogen (secondary N) is 1. The van der Waals surface area contributed by atoms with Crippen LogP contribution in [0.1, 0.15) is 42.6 Å². The number of hydrogen-bond donors (Lipinski definition) is 1. The molecule has 6 heteroatoms. The first-order chi connectivity index (χ1) is 10.8. The standard InChI is InChI=1S/C16H20N4O2/c1-22-15-8-7-14-18-13(11-20(14)19-15)16(21)17-10-9-12-5-3-2-4-6-12/h5,7-8,11H,2-4,6,9-10H2,1H3,(H,17,21). The molecule has 0 spiro atoms. The van der Waals surface area contributed by atoms with Crippen molar-refractivity contribution in [2.75, 3.05) is 13.7 Å². The number of methoxy groups -OCH3 is 1. The monoisotopic (exact) mass is 300 g/mol. The third kappa shape index (κ3) is 3.27. The van der Waals surface area contributed by atoms with Crippen LogP contribution in [0.15, 0.2) is 30.0 Å². The maximum absolute atomic E-state index is 12.1. The molecule has 0 radical (unpaired) electrons. The number of imidazole rings is 1. The van der Waals surface area contributed by atoms with Gasteiger partial charge in [-0.2, -0.15) is 0 Å². The lowest BCUT2D eigenvalue weighted by Crippen LogP contribution is -2.25. The van der Waals surface area contributed by atoms with Crippen LogP contribution in [0.3, 0.4) is 0 Å². The van der Waals surface area contributed by atoms with Gasteiger partial charge in [-0.15, -0.1) is 5.10 Å². The fraction of sp³-hybridized carbons (Fsp3) is 0.438. The summed E-state index contributed by atoms with van der Waals surface area (Å²) < 4.78 is 6.61. The highest BCUT2D eigenvalue weighted by molar-refractivity contribution is 5.92. The van der Waals surface area contributed by atoms with E-state index in [4.69, 9.17) is 4.74 Å². The third-order valence-corrected chi connectivity index (χ3v) is 3.85. The molecular formula is C16H20N4O2. The molecule has 1 aliphatic rings. The van der Waals surface area contributed by atoms with Crippen molar-refractivity contribution in [1.82, 2.24) is 19.9 Å². The van der Waals surface area contributed by atoms with Crippen molar-refractivity contribution in [3.63, 3.8) is 0 Å². The van der Waals surface area contributed by atoms with Crippen LogP contribution in [-0.4, -0.2) is 34.2 Å². The fourth-order valence-corrected chi connectivity index (χ4v) is 2.64. The Morgan fingerprint density at radius 3 is 3.09 bits per heavy atom. The van der Waals surface area contributed by atoms with E-state index in [1.54, 1.807) is 30.0 Å². The van der Waals surface area contributed by atoms with Crippen LogP contribution in [0, 0.1) is 0 Å². The predicted octanol–water partition coefficient (Wildman–Crippen LogP) is 2.36. The van der Waals surface area contributed by atoms with E-state index >= 15 is 0 Å². The first-order valence-corrected chi connectivity index (χ1v) is 7.63. The normalized spacial score (nSPS) is 14.7. The number of rotatable bonds is 5. The van der Waals surface area contributed by atoms with Gasteiger partial charge < -0.3 is 10.1 Å². The molecule has 0 fully saturated rings. The van der Waals surface area contributed by atoms with Gasteiger partial charge in [-0.05, 0) is 38.2 Å².